The molecule has 1 aliphatic rings. The highest BCUT2D eigenvalue weighted by molar-refractivity contribution is 5.91. The first-order valence-corrected chi connectivity index (χ1v) is 9.26. The largest absolute Gasteiger partial charge is 0.440 e. The number of imidazole rings is 1. The number of nitrogens with zero attached hydrogens (tertiary/aromatic N) is 3. The van der Waals surface area contributed by atoms with E-state index in [-0.39, 0.29) is 17.5 Å². The van der Waals surface area contributed by atoms with Crippen LogP contribution in [0.1, 0.15) is 17.0 Å². The molecule has 0 aliphatic carbocycles. The van der Waals surface area contributed by atoms with Crippen molar-refractivity contribution in [3.63, 3.8) is 0 Å². The lowest BCUT2D eigenvalue weighted by Gasteiger charge is -2.27. The van der Waals surface area contributed by atoms with E-state index < -0.39 is 0 Å². The van der Waals surface area contributed by atoms with Gasteiger partial charge in [0.25, 0.3) is 0 Å². The normalized spacial score (nSPS) is 16.0. The molecule has 0 fully saturated rings. The summed E-state index contributed by atoms with van der Waals surface area (Å²) in [5.41, 5.74) is 9.86. The molecule has 0 spiro atoms. The number of fused-ring (bicyclic) bond motifs is 4. The fourth-order valence-electron chi connectivity index (χ4n) is 4.23. The Labute approximate surface area is 166 Å². The number of hydrogen-bond donors (Lipinski definition) is 1. The zero-order chi connectivity index (χ0) is 20.3. The molecule has 1 aliphatic heterocycles. The van der Waals surface area contributed by atoms with Crippen molar-refractivity contribution in [2.45, 2.75) is 5.92 Å². The average Bonchev–Trinajstić information content (AvgIpc) is 2.96. The first kappa shape index (κ1) is 17.1. The summed E-state index contributed by atoms with van der Waals surface area (Å²) in [6, 6.07) is 20.0. The molecule has 0 unspecified atom stereocenters. The summed E-state index contributed by atoms with van der Waals surface area (Å²) in [4.78, 5) is 12.3. The Kier molecular flexibility index (Phi) is 3.55. The highest BCUT2D eigenvalue weighted by Gasteiger charge is 2.32. The van der Waals surface area contributed by atoms with Crippen LogP contribution in [0.4, 0.5) is 0 Å². The van der Waals surface area contributed by atoms with E-state index in [0.717, 1.165) is 32.9 Å². The summed E-state index contributed by atoms with van der Waals surface area (Å²) in [6.07, 6.45) is 0. The van der Waals surface area contributed by atoms with Gasteiger partial charge in [-0.3, -0.25) is 9.13 Å². The number of hydrogen-bond acceptors (Lipinski definition) is 4. The van der Waals surface area contributed by atoms with Crippen molar-refractivity contribution < 1.29 is 4.74 Å². The smallest absolute Gasteiger partial charge is 0.328 e. The second-order valence-electron chi connectivity index (χ2n) is 7.28. The maximum absolute atomic E-state index is 12.3. The minimum Gasteiger partial charge on any atom is -0.440 e. The molecule has 4 aromatic rings. The predicted molar refractivity (Wildman–Crippen MR) is 111 cm³/mol. The summed E-state index contributed by atoms with van der Waals surface area (Å²) in [5, 5.41) is 11.8. The molecule has 1 aromatic heterocycles. The van der Waals surface area contributed by atoms with Gasteiger partial charge in [0.1, 0.15) is 17.4 Å². The van der Waals surface area contributed by atoms with Crippen molar-refractivity contribution in [2.24, 2.45) is 19.8 Å². The summed E-state index contributed by atoms with van der Waals surface area (Å²) in [5.74, 6) is 0.420. The third-order valence-electron chi connectivity index (χ3n) is 5.74. The Hall–Kier alpha value is -3.98. The number of rotatable bonds is 1. The topological polar surface area (TPSA) is 86.0 Å². The lowest BCUT2D eigenvalue weighted by Crippen LogP contribution is -2.21. The van der Waals surface area contributed by atoms with Crippen LogP contribution < -0.4 is 16.2 Å². The van der Waals surface area contributed by atoms with Gasteiger partial charge in [-0.25, -0.2) is 4.79 Å². The van der Waals surface area contributed by atoms with Crippen molar-refractivity contribution in [2.75, 3.05) is 0 Å². The van der Waals surface area contributed by atoms with E-state index in [1.54, 1.807) is 23.2 Å². The fourth-order valence-corrected chi connectivity index (χ4v) is 4.23. The van der Waals surface area contributed by atoms with Gasteiger partial charge >= 0.3 is 5.69 Å². The monoisotopic (exact) mass is 382 g/mol. The van der Waals surface area contributed by atoms with E-state index in [2.05, 4.69) is 6.07 Å². The van der Waals surface area contributed by atoms with Gasteiger partial charge in [0, 0.05) is 25.0 Å². The predicted octanol–water partition coefficient (Wildman–Crippen LogP) is 3.25. The maximum Gasteiger partial charge on any atom is 0.328 e. The molecule has 6 heteroatoms. The maximum atomic E-state index is 12.3. The van der Waals surface area contributed by atoms with Crippen molar-refractivity contribution in [3.05, 3.63) is 87.7 Å². The van der Waals surface area contributed by atoms with Crippen LogP contribution >= 0.6 is 0 Å². The Morgan fingerprint density at radius 3 is 2.59 bits per heavy atom. The Morgan fingerprint density at radius 1 is 1.03 bits per heavy atom. The lowest BCUT2D eigenvalue weighted by molar-refractivity contribution is 0.398. The number of nitriles is 1. The second-order valence-corrected chi connectivity index (χ2v) is 7.28. The van der Waals surface area contributed by atoms with Gasteiger partial charge < -0.3 is 10.5 Å². The van der Waals surface area contributed by atoms with Crippen molar-refractivity contribution >= 4 is 21.8 Å². The molecule has 2 N–H and O–H groups in total. The highest BCUT2D eigenvalue weighted by atomic mass is 16.5. The molecule has 0 bridgehead atoms. The molecule has 0 radical (unpaired) electrons. The minimum atomic E-state index is -0.368. The van der Waals surface area contributed by atoms with Crippen LogP contribution in [-0.4, -0.2) is 9.13 Å². The van der Waals surface area contributed by atoms with E-state index in [1.807, 2.05) is 54.6 Å². The minimum absolute atomic E-state index is 0.0916. The van der Waals surface area contributed by atoms with Crippen LogP contribution in [0.25, 0.3) is 21.8 Å². The summed E-state index contributed by atoms with van der Waals surface area (Å²) in [7, 11) is 3.49. The molecule has 0 amide bonds. The molecule has 0 saturated carbocycles. The number of allylic oxidation sites excluding steroid dienone is 1. The van der Waals surface area contributed by atoms with E-state index in [4.69, 9.17) is 10.5 Å². The van der Waals surface area contributed by atoms with Gasteiger partial charge in [0.05, 0.1) is 17.0 Å². The van der Waals surface area contributed by atoms with Gasteiger partial charge in [-0.05, 0) is 23.1 Å². The van der Waals surface area contributed by atoms with Crippen LogP contribution in [0.15, 0.2) is 70.8 Å². The molecule has 3 aromatic carbocycles. The Balaban J connectivity index is 1.81. The molecule has 142 valence electrons. The lowest BCUT2D eigenvalue weighted by atomic mass is 9.82. The van der Waals surface area contributed by atoms with Gasteiger partial charge in [0.2, 0.25) is 5.88 Å². The van der Waals surface area contributed by atoms with E-state index >= 15 is 0 Å². The first-order valence-electron chi connectivity index (χ1n) is 9.26. The number of benzene rings is 3. The van der Waals surface area contributed by atoms with Crippen LogP contribution in [0.5, 0.6) is 5.75 Å². The average molecular weight is 382 g/mol. The number of ether oxygens (including phenoxy) is 1. The molecule has 1 atom stereocenters. The van der Waals surface area contributed by atoms with E-state index in [1.165, 1.54) is 0 Å². The molecular formula is C23H18N4O2. The van der Waals surface area contributed by atoms with Crippen molar-refractivity contribution in [1.82, 2.24) is 9.13 Å². The van der Waals surface area contributed by atoms with Crippen LogP contribution in [0.2, 0.25) is 0 Å². The molecule has 0 saturated heterocycles. The van der Waals surface area contributed by atoms with Crippen molar-refractivity contribution in [1.29, 1.82) is 5.26 Å². The van der Waals surface area contributed by atoms with Crippen LogP contribution in [-0.2, 0) is 14.1 Å². The zero-order valence-electron chi connectivity index (χ0n) is 16.0. The van der Waals surface area contributed by atoms with Crippen molar-refractivity contribution in [3.8, 4) is 11.8 Å². The number of nitrogens with two attached hydrogens (primary N) is 1. The summed E-state index contributed by atoms with van der Waals surface area (Å²) >= 11 is 0. The van der Waals surface area contributed by atoms with E-state index in [0.29, 0.717) is 11.3 Å². The van der Waals surface area contributed by atoms with Crippen LogP contribution in [0, 0.1) is 11.3 Å². The molecule has 6 nitrogen and oxygen atoms in total. The fraction of sp³-hybridized carbons (Fsp3) is 0.130. The standard InChI is InChI=1S/C23H18N4O2/c1-26-18-10-8-14(11-19(18)27(2)23(26)28)20-16-9-7-13-5-3-4-6-15(13)21(16)29-22(25)17(20)12-24/h3-11,20H,25H2,1-2H3/t20-/m0/s1. The van der Waals surface area contributed by atoms with Gasteiger partial charge in [-0.1, -0.05) is 42.5 Å². The Bertz CT molecular complexity index is 1450. The molecular weight excluding hydrogens is 364 g/mol. The van der Waals surface area contributed by atoms with Crippen LogP contribution in [0.3, 0.4) is 0 Å². The van der Waals surface area contributed by atoms with E-state index in [9.17, 15) is 10.1 Å². The quantitative estimate of drug-likeness (QED) is 0.548. The van der Waals surface area contributed by atoms with Gasteiger partial charge in [0.15, 0.2) is 0 Å². The summed E-state index contributed by atoms with van der Waals surface area (Å²) < 4.78 is 9.13. The zero-order valence-corrected chi connectivity index (χ0v) is 16.0. The summed E-state index contributed by atoms with van der Waals surface area (Å²) in [6.45, 7) is 0. The molecule has 5 rings (SSSR count). The Morgan fingerprint density at radius 2 is 1.79 bits per heavy atom. The third kappa shape index (κ3) is 2.31. The third-order valence-corrected chi connectivity index (χ3v) is 5.74. The molecule has 29 heavy (non-hydrogen) atoms. The SMILES string of the molecule is Cn1c(=O)n(C)c2cc([C@@H]3C(C#N)=C(N)Oc4c3ccc3ccccc43)ccc21. The second kappa shape index (κ2) is 6.01. The van der Waals surface area contributed by atoms with Gasteiger partial charge in [-0.2, -0.15) is 5.26 Å². The number of aryl methyl sites for hydroxylation is 2. The first-order chi connectivity index (χ1) is 14.0. The molecule has 2 heterocycles. The number of aromatic nitrogens is 2. The van der Waals surface area contributed by atoms with Gasteiger partial charge in [-0.15, -0.1) is 0 Å². The highest BCUT2D eigenvalue weighted by Crippen LogP contribution is 2.45.